The molecule has 5 rings (SSSR count). The highest BCUT2D eigenvalue weighted by atomic mass is 32.3. The lowest BCUT2D eigenvalue weighted by atomic mass is 10.2. The Bertz CT molecular complexity index is 2160. The Hall–Kier alpha value is -4.27. The number of rotatable bonds is 12. The third-order valence-electron chi connectivity index (χ3n) is 6.73. The van der Waals surface area contributed by atoms with Crippen molar-refractivity contribution in [1.29, 1.82) is 0 Å². The fourth-order valence-corrected chi connectivity index (χ4v) is 9.89. The van der Waals surface area contributed by atoms with E-state index in [-0.39, 0.29) is 33.0 Å². The van der Waals surface area contributed by atoms with Crippen molar-refractivity contribution < 1.29 is 54.2 Å². The third-order valence-corrected chi connectivity index (χ3v) is 13.0. The largest absolute Gasteiger partial charge is 0.497 e. The molecule has 1 aromatic heterocycles. The highest BCUT2D eigenvalue weighted by Gasteiger charge is 2.36. The van der Waals surface area contributed by atoms with Gasteiger partial charge in [-0.25, -0.2) is 25.9 Å². The first-order valence-corrected chi connectivity index (χ1v) is 18.2. The average Bonchev–Trinajstić information content (AvgIpc) is 3.41. The summed E-state index contributed by atoms with van der Waals surface area (Å²) in [7, 11) is -11.3. The molecule has 1 aliphatic heterocycles. The van der Waals surface area contributed by atoms with Crippen LogP contribution >= 0.6 is 11.3 Å². The maximum atomic E-state index is 13.4. The second-order valence-electron chi connectivity index (χ2n) is 9.67. The number of nitrogens with zero attached hydrogens (tertiary/aromatic N) is 2. The monoisotopic (exact) mass is 711 g/mol. The van der Waals surface area contributed by atoms with Crippen LogP contribution in [0.15, 0.2) is 75.8 Å². The zero-order chi connectivity index (χ0) is 33.4. The van der Waals surface area contributed by atoms with Crippen LogP contribution < -0.4 is 22.6 Å². The number of benzene rings is 3. The SMILES string of the molecule is COc1ccc(S(=O)(=O)N(CC(=O)O)Cc2csc3ccc(S(=O)(=O)NS(=O)(=O)N4CC(=O)Oc5cc(OC)ccc54)cc23)cc1. The second-order valence-corrected chi connectivity index (χ2v) is 16.1. The summed E-state index contributed by atoms with van der Waals surface area (Å²) in [5.74, 6) is -1.87. The summed E-state index contributed by atoms with van der Waals surface area (Å²) in [5.41, 5.74) is 0.176. The number of anilines is 1. The Kier molecular flexibility index (Phi) is 8.99. The van der Waals surface area contributed by atoms with E-state index in [1.165, 1.54) is 62.8 Å². The van der Waals surface area contributed by atoms with Crippen LogP contribution in [0.2, 0.25) is 0 Å². The highest BCUT2D eigenvalue weighted by molar-refractivity contribution is 8.05. The molecule has 0 saturated carbocycles. The Morgan fingerprint density at radius 1 is 0.957 bits per heavy atom. The molecular weight excluding hydrogens is 687 g/mol. The molecule has 1 aliphatic rings. The number of hydrogen-bond acceptors (Lipinski definition) is 12. The van der Waals surface area contributed by atoms with E-state index in [0.29, 0.717) is 14.8 Å². The molecule has 0 saturated heterocycles. The van der Waals surface area contributed by atoms with E-state index in [9.17, 15) is 39.9 Å². The van der Waals surface area contributed by atoms with Gasteiger partial charge in [-0.05, 0) is 70.9 Å². The number of ether oxygens (including phenoxy) is 3. The molecule has 4 aromatic rings. The Morgan fingerprint density at radius 2 is 1.61 bits per heavy atom. The van der Waals surface area contributed by atoms with Gasteiger partial charge in [-0.3, -0.25) is 4.79 Å². The first-order valence-electron chi connectivity index (χ1n) is 13.0. The molecule has 0 bridgehead atoms. The summed E-state index contributed by atoms with van der Waals surface area (Å²) in [4.78, 5) is 23.2. The van der Waals surface area contributed by atoms with Crippen LogP contribution in [0.3, 0.4) is 0 Å². The van der Waals surface area contributed by atoms with Gasteiger partial charge < -0.3 is 19.3 Å². The van der Waals surface area contributed by atoms with Crippen molar-refractivity contribution in [3.8, 4) is 17.2 Å². The minimum Gasteiger partial charge on any atom is -0.497 e. The molecule has 46 heavy (non-hydrogen) atoms. The van der Waals surface area contributed by atoms with E-state index in [0.717, 1.165) is 27.8 Å². The van der Waals surface area contributed by atoms with E-state index in [2.05, 4.69) is 0 Å². The lowest BCUT2D eigenvalue weighted by molar-refractivity contribution is -0.137. The summed E-state index contributed by atoms with van der Waals surface area (Å²) in [6.45, 7) is -2.14. The van der Waals surface area contributed by atoms with Crippen LogP contribution in [0, 0.1) is 0 Å². The van der Waals surface area contributed by atoms with Gasteiger partial charge in [0.15, 0.2) is 5.75 Å². The zero-order valence-electron chi connectivity index (χ0n) is 23.9. The van der Waals surface area contributed by atoms with Crippen molar-refractivity contribution in [1.82, 2.24) is 8.43 Å². The Balaban J connectivity index is 1.46. The normalized spacial score (nSPS) is 13.8. The minimum absolute atomic E-state index is 0.102. The van der Waals surface area contributed by atoms with Gasteiger partial charge in [0, 0.05) is 17.3 Å². The first-order chi connectivity index (χ1) is 21.6. The smallest absolute Gasteiger partial charge is 0.332 e. The van der Waals surface area contributed by atoms with Crippen LogP contribution in [0.4, 0.5) is 5.69 Å². The summed E-state index contributed by atoms with van der Waals surface area (Å²) in [5, 5.41) is 11.3. The van der Waals surface area contributed by atoms with Gasteiger partial charge in [-0.1, -0.05) is 4.13 Å². The predicted molar refractivity (Wildman–Crippen MR) is 165 cm³/mol. The van der Waals surface area contributed by atoms with E-state index in [1.54, 1.807) is 9.51 Å². The molecule has 0 amide bonds. The van der Waals surface area contributed by atoms with E-state index in [4.69, 9.17) is 14.2 Å². The molecule has 2 N–H and O–H groups in total. The number of thiophene rings is 1. The van der Waals surface area contributed by atoms with Gasteiger partial charge in [0.25, 0.3) is 10.0 Å². The maximum Gasteiger partial charge on any atom is 0.332 e. The first kappa shape index (κ1) is 33.1. The van der Waals surface area contributed by atoms with Crippen molar-refractivity contribution in [2.45, 2.75) is 16.3 Å². The number of esters is 1. The molecule has 0 aliphatic carbocycles. The molecule has 0 unspecified atom stereocenters. The number of carboxylic acids is 1. The van der Waals surface area contributed by atoms with Crippen molar-refractivity contribution in [2.75, 3.05) is 31.6 Å². The zero-order valence-corrected chi connectivity index (χ0v) is 27.2. The van der Waals surface area contributed by atoms with Crippen LogP contribution in [-0.2, 0) is 46.4 Å². The molecule has 3 aromatic carbocycles. The van der Waals surface area contributed by atoms with Crippen LogP contribution in [0.25, 0.3) is 10.1 Å². The van der Waals surface area contributed by atoms with Gasteiger partial charge in [-0.15, -0.1) is 11.3 Å². The number of hydrogen-bond donors (Lipinski definition) is 2. The fourth-order valence-electron chi connectivity index (χ4n) is 4.53. The van der Waals surface area contributed by atoms with Crippen molar-refractivity contribution in [3.05, 3.63) is 71.6 Å². The number of carbonyl (C=O) groups excluding carboxylic acids is 1. The number of aliphatic carboxylic acids is 1. The number of methoxy groups -OCH3 is 2. The van der Waals surface area contributed by atoms with Crippen molar-refractivity contribution in [2.24, 2.45) is 0 Å². The molecule has 2 heterocycles. The van der Waals surface area contributed by atoms with E-state index >= 15 is 0 Å². The summed E-state index contributed by atoms with van der Waals surface area (Å²) >= 11 is 1.15. The molecule has 0 spiro atoms. The Morgan fingerprint density at radius 3 is 2.26 bits per heavy atom. The summed E-state index contributed by atoms with van der Waals surface area (Å²) in [6.07, 6.45) is 0. The molecule has 0 fully saturated rings. The van der Waals surface area contributed by atoms with Gasteiger partial charge in [0.1, 0.15) is 24.6 Å². The lowest BCUT2D eigenvalue weighted by Crippen LogP contribution is -2.48. The third kappa shape index (κ3) is 6.64. The second kappa shape index (κ2) is 12.5. The molecule has 19 heteroatoms. The fraction of sp³-hybridized carbons (Fsp3) is 0.185. The van der Waals surface area contributed by atoms with E-state index in [1.807, 2.05) is 0 Å². The molecule has 15 nitrogen and oxygen atoms in total. The van der Waals surface area contributed by atoms with Gasteiger partial charge >= 0.3 is 22.1 Å². The number of sulfonamides is 2. The molecule has 244 valence electrons. The number of carbonyl (C=O) groups is 2. The molecule has 0 radical (unpaired) electrons. The number of nitrogens with one attached hydrogen (secondary N) is 1. The number of carboxylic acid groups (broad SMARTS) is 1. The standard InChI is InChI=1S/C27H25N3O12S4/c1-40-18-3-6-20(7-4-18)45(36,37)29(14-26(31)32)13-17-16-43-25-10-8-21(12-22(17)25)44(34,35)28-46(38,39)30-15-27(33)42-24-11-19(41-2)5-9-23(24)30/h3-12,16,28H,13-15H2,1-2H3,(H,31,32). The quantitative estimate of drug-likeness (QED) is 0.160. The van der Waals surface area contributed by atoms with Crippen LogP contribution in [0.1, 0.15) is 5.56 Å². The van der Waals surface area contributed by atoms with Gasteiger partial charge in [-0.2, -0.15) is 12.7 Å². The van der Waals surface area contributed by atoms with Gasteiger partial charge in [0.05, 0.1) is 29.7 Å². The predicted octanol–water partition coefficient (Wildman–Crippen LogP) is 2.14. The van der Waals surface area contributed by atoms with Gasteiger partial charge in [0.2, 0.25) is 10.0 Å². The summed E-state index contributed by atoms with van der Waals surface area (Å²) in [6, 6.07) is 13.0. The average molecular weight is 712 g/mol. The molecular formula is C27H25N3O12S4. The van der Waals surface area contributed by atoms with Crippen molar-refractivity contribution >= 4 is 69.3 Å². The maximum absolute atomic E-state index is 13.4. The van der Waals surface area contributed by atoms with Crippen LogP contribution in [-0.4, -0.2) is 73.9 Å². The minimum atomic E-state index is -4.90. The highest BCUT2D eigenvalue weighted by Crippen LogP contribution is 2.37. The van der Waals surface area contributed by atoms with Crippen molar-refractivity contribution in [3.63, 3.8) is 0 Å². The van der Waals surface area contributed by atoms with E-state index < -0.39 is 66.7 Å². The Labute approximate surface area is 267 Å². The molecule has 0 atom stereocenters. The topological polar surface area (TPSA) is 203 Å². The lowest BCUT2D eigenvalue weighted by Gasteiger charge is -2.29. The number of fused-ring (bicyclic) bond motifs is 2. The summed E-state index contributed by atoms with van der Waals surface area (Å²) < 4.78 is 98.9. The van der Waals surface area contributed by atoms with Crippen LogP contribution in [0.5, 0.6) is 17.2 Å².